The van der Waals surface area contributed by atoms with E-state index in [1.807, 2.05) is 0 Å². The third kappa shape index (κ3) is 4.47. The Hall–Kier alpha value is -1.55. The number of aromatic nitrogens is 1. The van der Waals surface area contributed by atoms with Gasteiger partial charge >= 0.3 is 0 Å². The summed E-state index contributed by atoms with van der Waals surface area (Å²) in [6, 6.07) is 4.26. The molecule has 1 aliphatic rings. The molecule has 1 unspecified atom stereocenters. The predicted molar refractivity (Wildman–Crippen MR) is 83.1 cm³/mol. The van der Waals surface area contributed by atoms with Crippen LogP contribution in [0.25, 0.3) is 11.1 Å². The highest BCUT2D eigenvalue weighted by Crippen LogP contribution is 2.21. The number of halogens is 1. The number of oxazole rings is 1. The first-order chi connectivity index (χ1) is 10.9. The first kappa shape index (κ1) is 16.3. The fourth-order valence-electron chi connectivity index (χ4n) is 2.90. The lowest BCUT2D eigenvalue weighted by molar-refractivity contribution is 0.157. The average molecular weight is 342 g/mol. The molecule has 1 aromatic heterocycles. The number of nitrogens with one attached hydrogen (secondary N) is 1. The highest BCUT2D eigenvalue weighted by atomic mass is 32.2. The average Bonchev–Trinajstić information content (AvgIpc) is 2.86. The fourth-order valence-corrected chi connectivity index (χ4v) is 3.37. The van der Waals surface area contributed by atoms with E-state index in [0.29, 0.717) is 30.1 Å². The predicted octanol–water partition coefficient (Wildman–Crippen LogP) is 0.972. The molecule has 2 heterocycles. The van der Waals surface area contributed by atoms with Crippen LogP contribution in [0.4, 0.5) is 4.39 Å². The van der Waals surface area contributed by atoms with Crippen LogP contribution in [0.1, 0.15) is 18.7 Å². The molecule has 3 N–H and O–H groups in total. The van der Waals surface area contributed by atoms with E-state index >= 15 is 0 Å². The number of fused-ring (bicyclic) bond motifs is 1. The van der Waals surface area contributed by atoms with Gasteiger partial charge < -0.3 is 4.42 Å². The molecule has 0 bridgehead atoms. The first-order valence-electron chi connectivity index (χ1n) is 7.44. The van der Waals surface area contributed by atoms with Crippen molar-refractivity contribution in [1.82, 2.24) is 14.6 Å². The van der Waals surface area contributed by atoms with Crippen LogP contribution in [0.3, 0.4) is 0 Å². The molecular formula is C14H19FN4O3S. The molecule has 0 radical (unpaired) electrons. The van der Waals surface area contributed by atoms with Crippen molar-refractivity contribution in [3.8, 4) is 0 Å². The molecular weight excluding hydrogens is 323 g/mol. The van der Waals surface area contributed by atoms with Gasteiger partial charge in [0.15, 0.2) is 5.58 Å². The maximum atomic E-state index is 13.2. The van der Waals surface area contributed by atoms with Crippen molar-refractivity contribution < 1.29 is 17.2 Å². The van der Waals surface area contributed by atoms with Crippen LogP contribution in [0.2, 0.25) is 0 Å². The zero-order valence-corrected chi connectivity index (χ0v) is 13.4. The monoisotopic (exact) mass is 342 g/mol. The Morgan fingerprint density at radius 2 is 2.30 bits per heavy atom. The summed E-state index contributed by atoms with van der Waals surface area (Å²) in [5.74, 6) is 0.377. The van der Waals surface area contributed by atoms with Crippen molar-refractivity contribution in [1.29, 1.82) is 0 Å². The first-order valence-corrected chi connectivity index (χ1v) is 8.98. The topological polar surface area (TPSA) is 101 Å². The van der Waals surface area contributed by atoms with Gasteiger partial charge in [-0.25, -0.2) is 19.2 Å². The van der Waals surface area contributed by atoms with E-state index < -0.39 is 10.2 Å². The van der Waals surface area contributed by atoms with Crippen molar-refractivity contribution in [3.05, 3.63) is 29.9 Å². The van der Waals surface area contributed by atoms with Crippen LogP contribution in [0.15, 0.2) is 22.6 Å². The largest absolute Gasteiger partial charge is 0.439 e. The van der Waals surface area contributed by atoms with Crippen molar-refractivity contribution in [2.75, 3.05) is 19.6 Å². The summed E-state index contributed by atoms with van der Waals surface area (Å²) in [7, 11) is -3.66. The Bertz CT molecular complexity index is 792. The molecule has 0 aliphatic carbocycles. The molecule has 2 aromatic rings. The van der Waals surface area contributed by atoms with Gasteiger partial charge in [-0.3, -0.25) is 4.90 Å². The van der Waals surface area contributed by atoms with Gasteiger partial charge in [0.2, 0.25) is 5.89 Å². The number of hydrogen-bond donors (Lipinski definition) is 2. The van der Waals surface area contributed by atoms with Gasteiger partial charge in [-0.1, -0.05) is 0 Å². The van der Waals surface area contributed by atoms with Gasteiger partial charge in [0.25, 0.3) is 10.2 Å². The van der Waals surface area contributed by atoms with Crippen molar-refractivity contribution in [2.45, 2.75) is 19.4 Å². The molecule has 0 amide bonds. The Kier molecular flexibility index (Phi) is 4.62. The third-order valence-corrected chi connectivity index (χ3v) is 4.50. The zero-order valence-electron chi connectivity index (χ0n) is 12.5. The molecule has 1 fully saturated rings. The number of likely N-dealkylation sites (tertiary alicyclic amines) is 1. The van der Waals surface area contributed by atoms with E-state index in [9.17, 15) is 12.8 Å². The van der Waals surface area contributed by atoms with E-state index in [1.165, 1.54) is 12.1 Å². The molecule has 1 aromatic carbocycles. The van der Waals surface area contributed by atoms with E-state index in [4.69, 9.17) is 9.56 Å². The number of nitrogens with two attached hydrogens (primary N) is 1. The van der Waals surface area contributed by atoms with Gasteiger partial charge in [0, 0.05) is 19.2 Å². The molecule has 1 atom stereocenters. The van der Waals surface area contributed by atoms with Crippen LogP contribution < -0.4 is 9.86 Å². The van der Waals surface area contributed by atoms with Crippen molar-refractivity contribution >= 4 is 21.3 Å². The molecule has 7 nitrogen and oxygen atoms in total. The molecule has 0 saturated carbocycles. The highest BCUT2D eigenvalue weighted by Gasteiger charge is 2.22. The second-order valence-electron chi connectivity index (χ2n) is 5.86. The lowest BCUT2D eigenvalue weighted by Gasteiger charge is -2.31. The maximum absolute atomic E-state index is 13.2. The summed E-state index contributed by atoms with van der Waals surface area (Å²) in [4.78, 5) is 6.50. The molecule has 3 rings (SSSR count). The Labute approximate surface area is 133 Å². The highest BCUT2D eigenvalue weighted by molar-refractivity contribution is 7.87. The third-order valence-electron chi connectivity index (χ3n) is 3.93. The summed E-state index contributed by atoms with van der Waals surface area (Å²) in [5.41, 5.74) is 1.07. The molecule has 9 heteroatoms. The SMILES string of the molecule is NS(=O)(=O)NCC1CCCN(Cc2nc3ccc(F)cc3o2)C1. The summed E-state index contributed by atoms with van der Waals surface area (Å²) < 4.78 is 43.0. The normalized spacial score (nSPS) is 20.2. The number of rotatable bonds is 5. The van der Waals surface area contributed by atoms with Gasteiger partial charge in [-0.05, 0) is 37.4 Å². The maximum Gasteiger partial charge on any atom is 0.274 e. The van der Waals surface area contributed by atoms with E-state index in [1.54, 1.807) is 6.07 Å². The van der Waals surface area contributed by atoms with Crippen LogP contribution >= 0.6 is 0 Å². The number of benzene rings is 1. The lowest BCUT2D eigenvalue weighted by atomic mass is 9.98. The summed E-state index contributed by atoms with van der Waals surface area (Å²) in [6.07, 6.45) is 1.91. The minimum atomic E-state index is -3.66. The number of piperidine rings is 1. The van der Waals surface area contributed by atoms with E-state index in [0.717, 1.165) is 25.9 Å². The number of hydrogen-bond acceptors (Lipinski definition) is 5. The Morgan fingerprint density at radius 1 is 1.48 bits per heavy atom. The minimum absolute atomic E-state index is 0.198. The molecule has 1 saturated heterocycles. The lowest BCUT2D eigenvalue weighted by Crippen LogP contribution is -2.42. The summed E-state index contributed by atoms with van der Waals surface area (Å²) in [6.45, 7) is 2.46. The van der Waals surface area contributed by atoms with Crippen LogP contribution in [0.5, 0.6) is 0 Å². The van der Waals surface area contributed by atoms with Gasteiger partial charge in [-0.15, -0.1) is 0 Å². The van der Waals surface area contributed by atoms with Crippen LogP contribution in [-0.2, 0) is 16.8 Å². The number of nitrogens with zero attached hydrogens (tertiary/aromatic N) is 2. The smallest absolute Gasteiger partial charge is 0.274 e. The second-order valence-corrected chi connectivity index (χ2v) is 7.24. The van der Waals surface area contributed by atoms with Crippen LogP contribution in [-0.4, -0.2) is 37.9 Å². The van der Waals surface area contributed by atoms with E-state index in [2.05, 4.69) is 14.6 Å². The molecule has 1 aliphatic heterocycles. The molecule has 23 heavy (non-hydrogen) atoms. The molecule has 0 spiro atoms. The zero-order chi connectivity index (χ0) is 16.4. The molecule has 126 valence electrons. The summed E-state index contributed by atoms with van der Waals surface area (Å²) >= 11 is 0. The van der Waals surface area contributed by atoms with Gasteiger partial charge in [0.05, 0.1) is 6.54 Å². The Morgan fingerprint density at radius 3 is 3.09 bits per heavy atom. The Balaban J connectivity index is 1.62. The van der Waals surface area contributed by atoms with Crippen molar-refractivity contribution in [3.63, 3.8) is 0 Å². The van der Waals surface area contributed by atoms with Crippen molar-refractivity contribution in [2.24, 2.45) is 11.1 Å². The van der Waals surface area contributed by atoms with E-state index in [-0.39, 0.29) is 11.7 Å². The second kappa shape index (κ2) is 6.52. The standard InChI is InChI=1S/C14H19FN4O3S/c15-11-3-4-12-13(6-11)22-14(18-12)9-19-5-1-2-10(8-19)7-17-23(16,20)21/h3-4,6,10,17H,1-2,5,7-9H2,(H2,16,20,21). The van der Waals surface area contributed by atoms with Gasteiger partial charge in [0.1, 0.15) is 11.3 Å². The minimum Gasteiger partial charge on any atom is -0.439 e. The quantitative estimate of drug-likeness (QED) is 0.843. The van der Waals surface area contributed by atoms with Gasteiger partial charge in [-0.2, -0.15) is 8.42 Å². The van der Waals surface area contributed by atoms with Crippen LogP contribution in [0, 0.1) is 11.7 Å². The fraction of sp³-hybridized carbons (Fsp3) is 0.500. The summed E-state index contributed by atoms with van der Waals surface area (Å²) in [5, 5.41) is 4.96.